The lowest BCUT2D eigenvalue weighted by Crippen LogP contribution is -2.51. The molecule has 7 nitrogen and oxygen atoms in total. The topological polar surface area (TPSA) is 67.3 Å². The highest BCUT2D eigenvalue weighted by molar-refractivity contribution is 5.37. The molecule has 0 radical (unpaired) electrons. The van der Waals surface area contributed by atoms with Gasteiger partial charge in [-0.2, -0.15) is 0 Å². The van der Waals surface area contributed by atoms with Crippen molar-refractivity contribution in [2.24, 2.45) is 5.41 Å². The van der Waals surface area contributed by atoms with Crippen molar-refractivity contribution in [1.82, 2.24) is 19.9 Å². The molecule has 0 unspecified atom stereocenters. The van der Waals surface area contributed by atoms with Crippen LogP contribution in [-0.2, 0) is 4.74 Å². The van der Waals surface area contributed by atoms with Gasteiger partial charge in [-0.05, 0) is 12.8 Å². The highest BCUT2D eigenvalue weighted by Gasteiger charge is 2.40. The lowest BCUT2D eigenvalue weighted by molar-refractivity contribution is 0.0597. The zero-order valence-electron chi connectivity index (χ0n) is 14.0. The summed E-state index contributed by atoms with van der Waals surface area (Å²) in [5.74, 6) is 1.04. The third kappa shape index (κ3) is 3.53. The van der Waals surface area contributed by atoms with Crippen LogP contribution < -0.4 is 9.80 Å². The molecule has 0 aliphatic carbocycles. The molecule has 4 rings (SSSR count). The Bertz CT molecular complexity index is 700. The van der Waals surface area contributed by atoms with Crippen LogP contribution in [0.4, 0.5) is 16.2 Å². The van der Waals surface area contributed by atoms with E-state index in [-0.39, 0.29) is 5.41 Å². The molecular formula is C17H21FN6O. The van der Waals surface area contributed by atoms with Crippen molar-refractivity contribution < 1.29 is 9.13 Å². The quantitative estimate of drug-likeness (QED) is 0.818. The second-order valence-corrected chi connectivity index (χ2v) is 6.76. The van der Waals surface area contributed by atoms with E-state index in [2.05, 4.69) is 29.7 Å². The summed E-state index contributed by atoms with van der Waals surface area (Å²) in [5, 5.41) is 0. The van der Waals surface area contributed by atoms with E-state index in [9.17, 15) is 4.39 Å². The predicted molar refractivity (Wildman–Crippen MR) is 90.9 cm³/mol. The van der Waals surface area contributed by atoms with Crippen molar-refractivity contribution >= 4 is 11.8 Å². The van der Waals surface area contributed by atoms with Crippen LogP contribution >= 0.6 is 0 Å². The molecule has 2 aromatic heterocycles. The smallest absolute Gasteiger partial charge is 0.225 e. The zero-order valence-corrected chi connectivity index (χ0v) is 14.0. The Kier molecular flexibility index (Phi) is 4.44. The molecule has 0 aromatic carbocycles. The summed E-state index contributed by atoms with van der Waals surface area (Å²) in [7, 11) is 0. The molecule has 8 heteroatoms. The molecular weight excluding hydrogens is 323 g/mol. The largest absolute Gasteiger partial charge is 0.379 e. The first-order valence-electron chi connectivity index (χ1n) is 8.55. The number of halogens is 1. The second kappa shape index (κ2) is 6.87. The van der Waals surface area contributed by atoms with Gasteiger partial charge >= 0.3 is 0 Å². The molecule has 4 heterocycles. The molecule has 2 aromatic rings. The number of ether oxygens (including phenoxy) is 1. The molecule has 0 amide bonds. The Morgan fingerprint density at radius 3 is 2.64 bits per heavy atom. The van der Waals surface area contributed by atoms with Gasteiger partial charge in [0.15, 0.2) is 5.82 Å². The lowest BCUT2D eigenvalue weighted by atomic mass is 9.80. The number of aromatic nitrogens is 4. The molecule has 1 atom stereocenters. The van der Waals surface area contributed by atoms with Crippen LogP contribution in [-0.4, -0.2) is 59.3 Å². The number of anilines is 2. The Hall–Kier alpha value is -2.35. The minimum atomic E-state index is -0.420. The van der Waals surface area contributed by atoms with Crippen LogP contribution in [0.2, 0.25) is 0 Å². The van der Waals surface area contributed by atoms with E-state index in [1.807, 2.05) is 0 Å². The van der Waals surface area contributed by atoms with E-state index >= 15 is 0 Å². The number of hydrogen-bond acceptors (Lipinski definition) is 7. The van der Waals surface area contributed by atoms with Gasteiger partial charge in [0.05, 0.1) is 31.8 Å². The molecule has 132 valence electrons. The van der Waals surface area contributed by atoms with Gasteiger partial charge in [-0.25, -0.2) is 19.3 Å². The summed E-state index contributed by atoms with van der Waals surface area (Å²) >= 11 is 0. The Morgan fingerprint density at radius 2 is 1.84 bits per heavy atom. The molecule has 2 aliphatic heterocycles. The van der Waals surface area contributed by atoms with Crippen LogP contribution in [0.5, 0.6) is 0 Å². The predicted octanol–water partition coefficient (Wildman–Crippen LogP) is 1.53. The second-order valence-electron chi connectivity index (χ2n) is 6.76. The lowest BCUT2D eigenvalue weighted by Gasteiger charge is -2.43. The molecule has 2 aliphatic rings. The summed E-state index contributed by atoms with van der Waals surface area (Å²) in [6.45, 7) is 4.62. The van der Waals surface area contributed by atoms with Gasteiger partial charge in [-0.3, -0.25) is 4.98 Å². The van der Waals surface area contributed by atoms with Gasteiger partial charge in [-0.15, -0.1) is 0 Å². The molecule has 0 saturated carbocycles. The Labute approximate surface area is 145 Å². The molecule has 0 N–H and O–H groups in total. The van der Waals surface area contributed by atoms with Crippen molar-refractivity contribution in [3.05, 3.63) is 36.8 Å². The number of rotatable bonds is 2. The first-order chi connectivity index (χ1) is 12.2. The first-order valence-corrected chi connectivity index (χ1v) is 8.55. The van der Waals surface area contributed by atoms with E-state index in [1.165, 1.54) is 12.4 Å². The van der Waals surface area contributed by atoms with Crippen LogP contribution in [0.15, 0.2) is 31.0 Å². The fourth-order valence-electron chi connectivity index (χ4n) is 3.74. The number of piperidine rings is 1. The standard InChI is InChI=1S/C17H21FN6O/c18-14-8-21-16(22-9-14)24-6-7-25-13-17(12-24)2-1-5-23(11-17)15-10-19-3-4-20-15/h3-4,8-10H,1-2,5-7,11-13H2/t17-/m1/s1. The summed E-state index contributed by atoms with van der Waals surface area (Å²) in [5.41, 5.74) is -0.0238. The first kappa shape index (κ1) is 16.1. The summed E-state index contributed by atoms with van der Waals surface area (Å²) in [6.07, 6.45) is 9.78. The summed E-state index contributed by atoms with van der Waals surface area (Å²) in [4.78, 5) is 21.3. The highest BCUT2D eigenvalue weighted by Crippen LogP contribution is 2.35. The van der Waals surface area contributed by atoms with Crippen LogP contribution in [0.1, 0.15) is 12.8 Å². The fourth-order valence-corrected chi connectivity index (χ4v) is 3.74. The third-order valence-electron chi connectivity index (χ3n) is 4.86. The number of nitrogens with zero attached hydrogens (tertiary/aromatic N) is 6. The van der Waals surface area contributed by atoms with Crippen molar-refractivity contribution in [1.29, 1.82) is 0 Å². The van der Waals surface area contributed by atoms with Crippen molar-refractivity contribution in [2.75, 3.05) is 49.2 Å². The van der Waals surface area contributed by atoms with E-state index in [4.69, 9.17) is 4.74 Å². The van der Waals surface area contributed by atoms with Crippen molar-refractivity contribution in [2.45, 2.75) is 12.8 Å². The van der Waals surface area contributed by atoms with Crippen LogP contribution in [0, 0.1) is 11.2 Å². The average Bonchev–Trinajstić information content (AvgIpc) is 2.86. The number of hydrogen-bond donors (Lipinski definition) is 0. The minimum Gasteiger partial charge on any atom is -0.379 e. The van der Waals surface area contributed by atoms with Gasteiger partial charge in [0.2, 0.25) is 5.95 Å². The summed E-state index contributed by atoms with van der Waals surface area (Å²) < 4.78 is 19.0. The maximum Gasteiger partial charge on any atom is 0.225 e. The molecule has 25 heavy (non-hydrogen) atoms. The van der Waals surface area contributed by atoms with Gasteiger partial charge < -0.3 is 14.5 Å². The Morgan fingerprint density at radius 1 is 1.00 bits per heavy atom. The van der Waals surface area contributed by atoms with E-state index < -0.39 is 5.82 Å². The minimum absolute atomic E-state index is 0.0238. The van der Waals surface area contributed by atoms with Gasteiger partial charge in [-0.1, -0.05) is 0 Å². The molecule has 2 fully saturated rings. The average molecular weight is 344 g/mol. The van der Waals surface area contributed by atoms with E-state index in [1.54, 1.807) is 18.6 Å². The maximum atomic E-state index is 13.1. The highest BCUT2D eigenvalue weighted by atomic mass is 19.1. The monoisotopic (exact) mass is 344 g/mol. The summed E-state index contributed by atoms with van der Waals surface area (Å²) in [6, 6.07) is 0. The van der Waals surface area contributed by atoms with Crippen molar-refractivity contribution in [3.8, 4) is 0 Å². The van der Waals surface area contributed by atoms with Gasteiger partial charge in [0, 0.05) is 44.0 Å². The fraction of sp³-hybridized carbons (Fsp3) is 0.529. The zero-order chi connectivity index (χ0) is 17.1. The van der Waals surface area contributed by atoms with Gasteiger partial charge in [0.1, 0.15) is 5.82 Å². The maximum absolute atomic E-state index is 13.1. The van der Waals surface area contributed by atoms with Crippen molar-refractivity contribution in [3.63, 3.8) is 0 Å². The van der Waals surface area contributed by atoms with E-state index in [0.717, 1.165) is 38.3 Å². The van der Waals surface area contributed by atoms with Crippen LogP contribution in [0.3, 0.4) is 0 Å². The van der Waals surface area contributed by atoms with E-state index in [0.29, 0.717) is 25.7 Å². The normalized spacial score (nSPS) is 24.4. The Balaban J connectivity index is 1.55. The molecule has 2 saturated heterocycles. The molecule has 1 spiro atoms. The third-order valence-corrected chi connectivity index (χ3v) is 4.86. The molecule has 0 bridgehead atoms. The van der Waals surface area contributed by atoms with Crippen LogP contribution in [0.25, 0.3) is 0 Å². The SMILES string of the molecule is Fc1cnc(N2CCOC[C@@]3(CCCN(c4cnccn4)C3)C2)nc1. The van der Waals surface area contributed by atoms with Gasteiger partial charge in [0.25, 0.3) is 0 Å².